The summed E-state index contributed by atoms with van der Waals surface area (Å²) in [6.07, 6.45) is 2.50. The van der Waals surface area contributed by atoms with E-state index in [1.165, 1.54) is 12.8 Å². The summed E-state index contributed by atoms with van der Waals surface area (Å²) in [5.41, 5.74) is 1.53. The number of nitrogens with zero attached hydrogens (tertiary/aromatic N) is 2. The minimum atomic E-state index is -0.417. The lowest BCUT2D eigenvalue weighted by molar-refractivity contribution is -0.125. The summed E-state index contributed by atoms with van der Waals surface area (Å²) < 4.78 is 0. The minimum absolute atomic E-state index is 0.0195. The zero-order chi connectivity index (χ0) is 20.3. The fourth-order valence-electron chi connectivity index (χ4n) is 4.04. The van der Waals surface area contributed by atoms with Gasteiger partial charge in [-0.25, -0.2) is 0 Å². The van der Waals surface area contributed by atoms with Gasteiger partial charge in [0, 0.05) is 24.4 Å². The number of amides is 2. The number of benzene rings is 1. The Morgan fingerprint density at radius 3 is 2.50 bits per heavy atom. The molecule has 2 amide bonds. The van der Waals surface area contributed by atoms with Crippen molar-refractivity contribution < 1.29 is 9.59 Å². The van der Waals surface area contributed by atoms with Crippen LogP contribution in [0.5, 0.6) is 0 Å². The quantitative estimate of drug-likeness (QED) is 0.821. The smallest absolute Gasteiger partial charge is 0.255 e. The number of rotatable bonds is 5. The molecule has 6 heteroatoms. The zero-order valence-corrected chi connectivity index (χ0v) is 18.3. The van der Waals surface area contributed by atoms with Crippen molar-refractivity contribution in [1.82, 2.24) is 15.1 Å². The number of thioether (sulfide) groups is 1. The molecule has 2 atom stereocenters. The molecule has 0 bridgehead atoms. The highest BCUT2D eigenvalue weighted by Gasteiger charge is 2.46. The summed E-state index contributed by atoms with van der Waals surface area (Å²) in [7, 11) is 0. The average molecular weight is 404 g/mol. The molecule has 0 spiro atoms. The summed E-state index contributed by atoms with van der Waals surface area (Å²) in [6.45, 7) is 12.1. The second-order valence-corrected chi connectivity index (χ2v) is 10.0. The van der Waals surface area contributed by atoms with Gasteiger partial charge in [-0.15, -0.1) is 11.8 Å². The lowest BCUT2D eigenvalue weighted by Crippen LogP contribution is -2.53. The first-order chi connectivity index (χ1) is 13.3. The standard InChI is InChI=1S/C22H33N3O2S/c1-16-9-5-6-10-17(16)20(27)25-18(15-28-21(25)22(2,3)4)19(26)23-11-14-24-12-7-8-13-24/h5-6,9-10,18,21H,7-8,11-15H2,1-4H3,(H,23,26). The molecule has 0 radical (unpaired) electrons. The maximum Gasteiger partial charge on any atom is 0.255 e. The van der Waals surface area contributed by atoms with E-state index in [0.29, 0.717) is 17.9 Å². The Balaban J connectivity index is 1.74. The van der Waals surface area contributed by atoms with Crippen LogP contribution >= 0.6 is 11.8 Å². The van der Waals surface area contributed by atoms with Gasteiger partial charge in [0.25, 0.3) is 5.91 Å². The van der Waals surface area contributed by atoms with E-state index in [9.17, 15) is 9.59 Å². The number of likely N-dealkylation sites (tertiary alicyclic amines) is 1. The van der Waals surface area contributed by atoms with E-state index in [1.54, 1.807) is 11.8 Å². The van der Waals surface area contributed by atoms with Crippen LogP contribution in [0.3, 0.4) is 0 Å². The third-order valence-corrected chi connectivity index (χ3v) is 7.34. The highest BCUT2D eigenvalue weighted by molar-refractivity contribution is 8.00. The third kappa shape index (κ3) is 4.71. The van der Waals surface area contributed by atoms with Gasteiger partial charge >= 0.3 is 0 Å². The highest BCUT2D eigenvalue weighted by Crippen LogP contribution is 2.41. The lowest BCUT2D eigenvalue weighted by atomic mass is 9.94. The molecule has 1 N–H and O–H groups in total. The molecular weight excluding hydrogens is 370 g/mol. The number of aryl methyl sites for hydroxylation is 1. The molecule has 2 aliphatic heterocycles. The van der Waals surface area contributed by atoms with Crippen molar-refractivity contribution in [2.24, 2.45) is 5.41 Å². The van der Waals surface area contributed by atoms with Gasteiger partial charge in [0.2, 0.25) is 5.91 Å². The molecule has 0 aliphatic carbocycles. The predicted octanol–water partition coefficient (Wildman–Crippen LogP) is 3.14. The molecule has 3 rings (SSSR count). The predicted molar refractivity (Wildman–Crippen MR) is 116 cm³/mol. The number of nitrogens with one attached hydrogen (secondary N) is 1. The van der Waals surface area contributed by atoms with E-state index in [2.05, 4.69) is 31.0 Å². The van der Waals surface area contributed by atoms with E-state index in [4.69, 9.17) is 0 Å². The zero-order valence-electron chi connectivity index (χ0n) is 17.5. The fraction of sp³-hybridized carbons (Fsp3) is 0.636. The minimum Gasteiger partial charge on any atom is -0.353 e. The van der Waals surface area contributed by atoms with Gasteiger partial charge in [-0.3, -0.25) is 9.59 Å². The third-order valence-electron chi connectivity index (χ3n) is 5.58. The van der Waals surface area contributed by atoms with Crippen molar-refractivity contribution in [2.45, 2.75) is 52.0 Å². The van der Waals surface area contributed by atoms with Crippen LogP contribution in [0.25, 0.3) is 0 Å². The van der Waals surface area contributed by atoms with Crippen molar-refractivity contribution in [3.05, 3.63) is 35.4 Å². The Bertz CT molecular complexity index is 710. The Morgan fingerprint density at radius 2 is 1.86 bits per heavy atom. The maximum atomic E-state index is 13.4. The molecule has 28 heavy (non-hydrogen) atoms. The first kappa shape index (κ1) is 21.2. The second kappa shape index (κ2) is 8.87. The molecule has 2 unspecified atom stereocenters. The van der Waals surface area contributed by atoms with Crippen LogP contribution in [0.1, 0.15) is 49.5 Å². The van der Waals surface area contributed by atoms with Crippen LogP contribution in [0.15, 0.2) is 24.3 Å². The van der Waals surface area contributed by atoms with Crippen LogP contribution in [0, 0.1) is 12.3 Å². The lowest BCUT2D eigenvalue weighted by Gasteiger charge is -2.36. The van der Waals surface area contributed by atoms with Gasteiger partial charge in [0.1, 0.15) is 6.04 Å². The van der Waals surface area contributed by atoms with Crippen LogP contribution < -0.4 is 5.32 Å². The van der Waals surface area contributed by atoms with Crippen molar-refractivity contribution in [3.8, 4) is 0 Å². The average Bonchev–Trinajstić information content (AvgIpc) is 3.30. The first-order valence-electron chi connectivity index (χ1n) is 10.3. The molecule has 2 heterocycles. The van der Waals surface area contributed by atoms with Crippen molar-refractivity contribution in [1.29, 1.82) is 0 Å². The molecule has 0 saturated carbocycles. The molecule has 5 nitrogen and oxygen atoms in total. The van der Waals surface area contributed by atoms with E-state index in [-0.39, 0.29) is 22.6 Å². The number of hydrogen-bond acceptors (Lipinski definition) is 4. The Hall–Kier alpha value is -1.53. The maximum absolute atomic E-state index is 13.4. The Kier molecular flexibility index (Phi) is 6.71. The van der Waals surface area contributed by atoms with Crippen molar-refractivity contribution >= 4 is 23.6 Å². The molecular formula is C22H33N3O2S. The monoisotopic (exact) mass is 403 g/mol. The highest BCUT2D eigenvalue weighted by atomic mass is 32.2. The molecule has 2 fully saturated rings. The van der Waals surface area contributed by atoms with Crippen LogP contribution in [0.4, 0.5) is 0 Å². The largest absolute Gasteiger partial charge is 0.353 e. The number of carbonyl (C=O) groups is 2. The molecule has 154 valence electrons. The van der Waals surface area contributed by atoms with Crippen LogP contribution in [0.2, 0.25) is 0 Å². The SMILES string of the molecule is Cc1ccccc1C(=O)N1C(C(=O)NCCN2CCCC2)CSC1C(C)(C)C. The van der Waals surface area contributed by atoms with Crippen LogP contribution in [-0.4, -0.2) is 65.0 Å². The van der Waals surface area contributed by atoms with Gasteiger partial charge in [-0.05, 0) is 49.9 Å². The summed E-state index contributed by atoms with van der Waals surface area (Å²) in [4.78, 5) is 30.7. The number of hydrogen-bond donors (Lipinski definition) is 1. The summed E-state index contributed by atoms with van der Waals surface area (Å²) >= 11 is 1.72. The fourth-order valence-corrected chi connectivity index (χ4v) is 5.62. The summed E-state index contributed by atoms with van der Waals surface area (Å²) in [5, 5.41) is 3.07. The molecule has 0 aromatic heterocycles. The van der Waals surface area contributed by atoms with Crippen molar-refractivity contribution in [3.63, 3.8) is 0 Å². The summed E-state index contributed by atoms with van der Waals surface area (Å²) in [6, 6.07) is 7.23. The topological polar surface area (TPSA) is 52.7 Å². The molecule has 1 aromatic rings. The first-order valence-corrected chi connectivity index (χ1v) is 11.3. The molecule has 2 saturated heterocycles. The molecule has 2 aliphatic rings. The van der Waals surface area contributed by atoms with Crippen LogP contribution in [-0.2, 0) is 4.79 Å². The van der Waals surface area contributed by atoms with Gasteiger partial charge in [0.05, 0.1) is 5.37 Å². The Morgan fingerprint density at radius 1 is 1.18 bits per heavy atom. The van der Waals surface area contributed by atoms with E-state index in [0.717, 1.165) is 25.2 Å². The van der Waals surface area contributed by atoms with Gasteiger partial charge in [-0.2, -0.15) is 0 Å². The van der Waals surface area contributed by atoms with E-state index < -0.39 is 6.04 Å². The van der Waals surface area contributed by atoms with Crippen molar-refractivity contribution in [2.75, 3.05) is 31.9 Å². The van der Waals surface area contributed by atoms with Gasteiger partial charge in [-0.1, -0.05) is 39.0 Å². The summed E-state index contributed by atoms with van der Waals surface area (Å²) in [5.74, 6) is 0.581. The normalized spacial score (nSPS) is 23.2. The Labute approximate surface area is 173 Å². The van der Waals surface area contributed by atoms with Gasteiger partial charge in [0.15, 0.2) is 0 Å². The second-order valence-electron chi connectivity index (χ2n) is 8.93. The van der Waals surface area contributed by atoms with E-state index in [1.807, 2.05) is 36.1 Å². The molecule has 1 aromatic carbocycles. The number of carbonyl (C=O) groups excluding carboxylic acids is 2. The van der Waals surface area contributed by atoms with Gasteiger partial charge < -0.3 is 15.1 Å². The van der Waals surface area contributed by atoms with E-state index >= 15 is 0 Å².